The van der Waals surface area contributed by atoms with Gasteiger partial charge in [-0.1, -0.05) is 30.3 Å². The Hall–Kier alpha value is -2.28. The highest BCUT2D eigenvalue weighted by Gasteiger charge is 2.28. The maximum absolute atomic E-state index is 12.6. The molecule has 0 fully saturated rings. The summed E-state index contributed by atoms with van der Waals surface area (Å²) < 4.78 is 28.9. The molecule has 9 heteroatoms. The fourth-order valence-electron chi connectivity index (χ4n) is 2.17. The van der Waals surface area contributed by atoms with E-state index in [0.717, 1.165) is 9.87 Å². The van der Waals surface area contributed by atoms with Crippen LogP contribution in [0.4, 0.5) is 0 Å². The van der Waals surface area contributed by atoms with Crippen LogP contribution in [0.5, 0.6) is 0 Å². The van der Waals surface area contributed by atoms with Crippen LogP contribution in [0, 0.1) is 24.2 Å². The molecule has 0 aliphatic rings. The fourth-order valence-corrected chi connectivity index (χ4v) is 3.31. The van der Waals surface area contributed by atoms with Crippen molar-refractivity contribution in [2.45, 2.75) is 19.9 Å². The topological polar surface area (TPSA) is 115 Å². The summed E-state index contributed by atoms with van der Waals surface area (Å²) in [6.45, 7) is 3.51. The van der Waals surface area contributed by atoms with E-state index >= 15 is 0 Å². The molecule has 0 saturated heterocycles. The van der Waals surface area contributed by atoms with Crippen molar-refractivity contribution in [1.82, 2.24) is 24.2 Å². The molecule has 24 heavy (non-hydrogen) atoms. The van der Waals surface area contributed by atoms with Crippen molar-refractivity contribution in [3.8, 4) is 6.07 Å². The van der Waals surface area contributed by atoms with Crippen LogP contribution in [-0.4, -0.2) is 41.5 Å². The van der Waals surface area contributed by atoms with Crippen LogP contribution >= 0.6 is 0 Å². The van der Waals surface area contributed by atoms with Crippen molar-refractivity contribution in [2.75, 3.05) is 13.6 Å². The van der Waals surface area contributed by atoms with E-state index in [1.807, 2.05) is 24.3 Å². The summed E-state index contributed by atoms with van der Waals surface area (Å²) in [7, 11) is -2.38. The van der Waals surface area contributed by atoms with Crippen molar-refractivity contribution in [1.29, 1.82) is 5.26 Å². The number of H-pyrrole nitrogens is 1. The van der Waals surface area contributed by atoms with Crippen LogP contribution in [0.15, 0.2) is 30.3 Å². The minimum Gasteiger partial charge on any atom is -0.263 e. The Bertz CT molecular complexity index is 812. The molecule has 0 saturated carbocycles. The van der Waals surface area contributed by atoms with E-state index in [0.29, 0.717) is 11.6 Å². The zero-order valence-electron chi connectivity index (χ0n) is 13.8. The molecule has 8 nitrogen and oxygen atoms in total. The molecule has 0 aliphatic carbocycles. The molecule has 1 aromatic heterocycles. The van der Waals surface area contributed by atoms with Gasteiger partial charge in [0.15, 0.2) is 5.82 Å². The number of hydrogen-bond acceptors (Lipinski definition) is 5. The first-order valence-electron chi connectivity index (χ1n) is 7.40. The van der Waals surface area contributed by atoms with Gasteiger partial charge in [0.2, 0.25) is 0 Å². The molecular weight excluding hydrogens is 328 g/mol. The smallest absolute Gasteiger partial charge is 0.263 e. The maximum atomic E-state index is 12.6. The summed E-state index contributed by atoms with van der Waals surface area (Å²) in [5.41, 5.74) is 0.724. The highest BCUT2D eigenvalue weighted by atomic mass is 32.2. The number of hydrogen-bond donors (Lipinski definition) is 2. The van der Waals surface area contributed by atoms with Gasteiger partial charge in [-0.3, -0.25) is 5.10 Å². The SMILES string of the molecule is Cc1nc([C@H](NS(=O)(=O)N(C)C[C@H](C)C#N)c2ccccc2)n[nH]1. The first kappa shape index (κ1) is 18.1. The van der Waals surface area contributed by atoms with Crippen LogP contribution < -0.4 is 4.72 Å². The Balaban J connectivity index is 2.30. The van der Waals surface area contributed by atoms with Gasteiger partial charge in [-0.15, -0.1) is 0 Å². The Morgan fingerprint density at radius 1 is 1.38 bits per heavy atom. The highest BCUT2D eigenvalue weighted by molar-refractivity contribution is 7.87. The van der Waals surface area contributed by atoms with Crippen molar-refractivity contribution in [2.24, 2.45) is 5.92 Å². The van der Waals surface area contributed by atoms with E-state index in [1.165, 1.54) is 7.05 Å². The van der Waals surface area contributed by atoms with Crippen LogP contribution in [0.3, 0.4) is 0 Å². The molecule has 0 radical (unpaired) electrons. The number of aromatic amines is 1. The zero-order valence-corrected chi connectivity index (χ0v) is 14.6. The average molecular weight is 348 g/mol. The summed E-state index contributed by atoms with van der Waals surface area (Å²) in [5.74, 6) is 0.521. The third kappa shape index (κ3) is 4.38. The number of benzene rings is 1. The molecule has 1 heterocycles. The fraction of sp³-hybridized carbons (Fsp3) is 0.400. The molecule has 0 amide bonds. The lowest BCUT2D eigenvalue weighted by Crippen LogP contribution is -2.42. The lowest BCUT2D eigenvalue weighted by atomic mass is 10.1. The molecule has 0 aliphatic heterocycles. The van der Waals surface area contributed by atoms with E-state index < -0.39 is 22.2 Å². The predicted molar refractivity (Wildman–Crippen MR) is 88.9 cm³/mol. The summed E-state index contributed by atoms with van der Waals surface area (Å²) >= 11 is 0. The molecule has 2 atom stereocenters. The van der Waals surface area contributed by atoms with Crippen LogP contribution in [-0.2, 0) is 10.2 Å². The number of aromatic nitrogens is 3. The second-order valence-corrected chi connectivity index (χ2v) is 7.37. The van der Waals surface area contributed by atoms with Crippen molar-refractivity contribution in [3.63, 3.8) is 0 Å². The lowest BCUT2D eigenvalue weighted by Gasteiger charge is -2.22. The summed E-state index contributed by atoms with van der Waals surface area (Å²) in [5, 5.41) is 15.7. The number of nitriles is 1. The molecule has 128 valence electrons. The maximum Gasteiger partial charge on any atom is 0.280 e. The molecule has 0 bridgehead atoms. The molecular formula is C15H20N6O2S. The van der Waals surface area contributed by atoms with Gasteiger partial charge >= 0.3 is 0 Å². The Morgan fingerprint density at radius 3 is 2.58 bits per heavy atom. The summed E-state index contributed by atoms with van der Waals surface area (Å²) in [4.78, 5) is 4.24. The number of rotatable bonds is 7. The van der Waals surface area contributed by atoms with Crippen molar-refractivity contribution < 1.29 is 8.42 Å². The van der Waals surface area contributed by atoms with Gasteiger partial charge in [-0.2, -0.15) is 27.8 Å². The van der Waals surface area contributed by atoms with Crippen LogP contribution in [0.1, 0.15) is 30.2 Å². The van der Waals surface area contributed by atoms with Gasteiger partial charge in [0.05, 0.1) is 12.0 Å². The quantitative estimate of drug-likeness (QED) is 0.778. The van der Waals surface area contributed by atoms with E-state index in [2.05, 4.69) is 19.9 Å². The number of nitrogens with zero attached hydrogens (tertiary/aromatic N) is 4. The van der Waals surface area contributed by atoms with E-state index in [4.69, 9.17) is 5.26 Å². The van der Waals surface area contributed by atoms with Gasteiger partial charge in [0, 0.05) is 13.6 Å². The molecule has 2 N–H and O–H groups in total. The molecule has 0 unspecified atom stereocenters. The summed E-state index contributed by atoms with van der Waals surface area (Å²) in [6, 6.07) is 10.4. The van der Waals surface area contributed by atoms with Crippen LogP contribution in [0.25, 0.3) is 0 Å². The monoisotopic (exact) mass is 348 g/mol. The van der Waals surface area contributed by atoms with Gasteiger partial charge in [0.25, 0.3) is 10.2 Å². The second kappa shape index (κ2) is 7.53. The molecule has 0 spiro atoms. The van der Waals surface area contributed by atoms with Crippen molar-refractivity contribution in [3.05, 3.63) is 47.5 Å². The minimum absolute atomic E-state index is 0.0976. The Morgan fingerprint density at radius 2 is 2.04 bits per heavy atom. The molecule has 2 rings (SSSR count). The number of nitrogens with one attached hydrogen (secondary N) is 2. The first-order valence-corrected chi connectivity index (χ1v) is 8.84. The summed E-state index contributed by atoms with van der Waals surface area (Å²) in [6.07, 6.45) is 0. The van der Waals surface area contributed by atoms with Gasteiger partial charge in [0.1, 0.15) is 11.9 Å². The lowest BCUT2D eigenvalue weighted by molar-refractivity contribution is 0.425. The van der Waals surface area contributed by atoms with E-state index in [-0.39, 0.29) is 6.54 Å². The molecule has 2 aromatic rings. The third-order valence-corrected chi connectivity index (χ3v) is 4.94. The first-order chi connectivity index (χ1) is 11.3. The Kier molecular flexibility index (Phi) is 5.66. The zero-order chi connectivity index (χ0) is 17.7. The largest absolute Gasteiger partial charge is 0.280 e. The van der Waals surface area contributed by atoms with Gasteiger partial charge in [-0.25, -0.2) is 4.98 Å². The highest BCUT2D eigenvalue weighted by Crippen LogP contribution is 2.20. The average Bonchev–Trinajstić information content (AvgIpc) is 2.99. The third-order valence-electron chi connectivity index (χ3n) is 3.43. The number of aryl methyl sites for hydroxylation is 1. The van der Waals surface area contributed by atoms with Gasteiger partial charge < -0.3 is 0 Å². The van der Waals surface area contributed by atoms with E-state index in [1.54, 1.807) is 26.0 Å². The van der Waals surface area contributed by atoms with E-state index in [9.17, 15) is 8.42 Å². The Labute approximate surface area is 141 Å². The van der Waals surface area contributed by atoms with Gasteiger partial charge in [-0.05, 0) is 19.4 Å². The normalized spacial score (nSPS) is 14.3. The second-order valence-electron chi connectivity index (χ2n) is 5.56. The van der Waals surface area contributed by atoms with Crippen LogP contribution in [0.2, 0.25) is 0 Å². The minimum atomic E-state index is -3.81. The molecule has 1 aromatic carbocycles. The predicted octanol–water partition coefficient (Wildman–Crippen LogP) is 1.13. The van der Waals surface area contributed by atoms with Crippen molar-refractivity contribution >= 4 is 10.2 Å². The standard InChI is InChI=1S/C15H20N6O2S/c1-11(9-16)10-21(3)24(22,23)20-14(13-7-5-4-6-8-13)15-17-12(2)18-19-15/h4-8,11,14,20H,10H2,1-3H3,(H,17,18,19)/t11-,14-/m1/s1.